The lowest BCUT2D eigenvalue weighted by molar-refractivity contribution is 0.554. The highest BCUT2D eigenvalue weighted by Gasteiger charge is 2.07. The van der Waals surface area contributed by atoms with Gasteiger partial charge < -0.3 is 0 Å². The van der Waals surface area contributed by atoms with E-state index in [1.807, 2.05) is 0 Å². The van der Waals surface area contributed by atoms with Crippen molar-refractivity contribution in [2.45, 2.75) is 39.8 Å². The van der Waals surface area contributed by atoms with E-state index < -0.39 is 0 Å². The van der Waals surface area contributed by atoms with E-state index in [9.17, 15) is 0 Å². The summed E-state index contributed by atoms with van der Waals surface area (Å²) < 4.78 is 0. The van der Waals surface area contributed by atoms with Crippen molar-refractivity contribution in [3.63, 3.8) is 0 Å². The molecule has 0 aromatic rings. The van der Waals surface area contributed by atoms with Gasteiger partial charge in [0.1, 0.15) is 0 Å². The quantitative estimate of drug-likeness (QED) is 0.534. The van der Waals surface area contributed by atoms with Crippen LogP contribution in [-0.4, -0.2) is 11.8 Å². The van der Waals surface area contributed by atoms with Gasteiger partial charge >= 0.3 is 0 Å². The van der Waals surface area contributed by atoms with Crippen LogP contribution in [0.4, 0.5) is 0 Å². The van der Waals surface area contributed by atoms with Gasteiger partial charge in [-0.2, -0.15) is 0 Å². The van der Waals surface area contributed by atoms with E-state index >= 15 is 0 Å². The van der Waals surface area contributed by atoms with E-state index in [4.69, 9.17) is 0 Å². The largest absolute Gasteiger partial charge is 0.119 e. The Labute approximate surface area is 61.2 Å². The summed E-state index contributed by atoms with van der Waals surface area (Å²) in [4.78, 5) is 0. The molecule has 0 aromatic heterocycles. The van der Waals surface area contributed by atoms with Gasteiger partial charge in [-0.15, -0.1) is 8.58 Å². The molecule has 0 aliphatic heterocycles. The van der Waals surface area contributed by atoms with E-state index in [1.165, 1.54) is 21.2 Å². The van der Waals surface area contributed by atoms with Crippen LogP contribution >= 0.6 is 8.58 Å². The van der Waals surface area contributed by atoms with Gasteiger partial charge in [0.25, 0.3) is 0 Å². The summed E-state index contributed by atoms with van der Waals surface area (Å²) in [5, 5.41) is 0. The summed E-state index contributed by atoms with van der Waals surface area (Å²) in [5.41, 5.74) is 0.958. The first-order valence-corrected chi connectivity index (χ1v) is 5.24. The Kier molecular flexibility index (Phi) is 5.48. The summed E-state index contributed by atoms with van der Waals surface area (Å²) in [5.74, 6) is 0.934. The molecule has 1 heteroatoms. The smallest absolute Gasteiger partial charge is 0.0240 e. The maximum Gasteiger partial charge on any atom is -0.0240 e. The molecule has 0 amide bonds. The van der Waals surface area contributed by atoms with E-state index in [-0.39, 0.29) is 0 Å². The van der Waals surface area contributed by atoms with Crippen molar-refractivity contribution in [1.29, 1.82) is 0 Å². The Hall–Kier alpha value is 0.430. The molecule has 0 heterocycles. The van der Waals surface area contributed by atoms with Crippen LogP contribution in [0.25, 0.3) is 0 Å². The van der Waals surface area contributed by atoms with Gasteiger partial charge in [0.05, 0.1) is 0 Å². The number of hydrogen-bond acceptors (Lipinski definition) is 0. The van der Waals surface area contributed by atoms with Crippen LogP contribution in [0.3, 0.4) is 0 Å². The molecule has 0 N–H and O–H groups in total. The summed E-state index contributed by atoms with van der Waals surface area (Å²) in [7, 11) is 1.18. The first kappa shape index (κ1) is 9.43. The highest BCUT2D eigenvalue weighted by Crippen LogP contribution is 2.26. The molecule has 0 spiro atoms. The third-order valence-electron chi connectivity index (χ3n) is 2.02. The van der Waals surface area contributed by atoms with E-state index in [0.717, 1.165) is 11.6 Å². The van der Waals surface area contributed by atoms with Crippen LogP contribution in [0, 0.1) is 5.92 Å². The summed E-state index contributed by atoms with van der Waals surface area (Å²) >= 11 is 0. The zero-order valence-corrected chi connectivity index (χ0v) is 8.07. The van der Waals surface area contributed by atoms with Crippen molar-refractivity contribution in [1.82, 2.24) is 0 Å². The van der Waals surface area contributed by atoms with Crippen LogP contribution in [0.1, 0.15) is 34.1 Å². The molecule has 0 aliphatic rings. The first-order valence-electron chi connectivity index (χ1n) is 3.95. The van der Waals surface area contributed by atoms with Crippen LogP contribution in [0.5, 0.6) is 0 Å². The Morgan fingerprint density at radius 3 is 2.11 bits per heavy atom. The Morgan fingerprint density at radius 1 is 1.22 bits per heavy atom. The molecule has 0 aromatic carbocycles. The van der Waals surface area contributed by atoms with Crippen molar-refractivity contribution in [3.05, 3.63) is 0 Å². The number of hydrogen-bond donors (Lipinski definition) is 0. The molecule has 0 bridgehead atoms. The average molecular weight is 146 g/mol. The molecule has 0 nitrogen and oxygen atoms in total. The van der Waals surface area contributed by atoms with Crippen LogP contribution in [0.2, 0.25) is 0 Å². The minimum absolute atomic E-state index is 0.934. The second-order valence-electron chi connectivity index (χ2n) is 2.73. The number of rotatable bonds is 4. The van der Waals surface area contributed by atoms with Gasteiger partial charge in [-0.05, 0) is 17.7 Å². The molecule has 0 aliphatic carbocycles. The minimum Gasteiger partial charge on any atom is -0.119 e. The summed E-state index contributed by atoms with van der Waals surface area (Å²) in [6, 6.07) is 0. The molecule has 3 atom stereocenters. The summed E-state index contributed by atoms with van der Waals surface area (Å²) in [6.45, 7) is 9.28. The normalized spacial score (nSPS) is 18.7. The Morgan fingerprint density at radius 2 is 1.78 bits per heavy atom. The van der Waals surface area contributed by atoms with Crippen LogP contribution in [0.15, 0.2) is 0 Å². The monoisotopic (exact) mass is 146 g/mol. The molecule has 9 heavy (non-hydrogen) atoms. The average Bonchev–Trinajstić information content (AvgIpc) is 1.87. The molecular weight excluding hydrogens is 127 g/mol. The van der Waals surface area contributed by atoms with Gasteiger partial charge in [-0.3, -0.25) is 0 Å². The second-order valence-corrected chi connectivity index (χ2v) is 4.76. The first-order chi connectivity index (χ1) is 4.22. The molecule has 0 fully saturated rings. The Balaban J connectivity index is 3.32. The lowest BCUT2D eigenvalue weighted by Gasteiger charge is -2.16. The summed E-state index contributed by atoms with van der Waals surface area (Å²) in [6.07, 6.45) is 2.71. The van der Waals surface area contributed by atoms with Gasteiger partial charge in [0, 0.05) is 0 Å². The van der Waals surface area contributed by atoms with Crippen molar-refractivity contribution in [2.24, 2.45) is 5.92 Å². The lowest BCUT2D eigenvalue weighted by atomic mass is 10.1. The van der Waals surface area contributed by atoms with Gasteiger partial charge in [0.15, 0.2) is 0 Å². The molecule has 3 unspecified atom stereocenters. The van der Waals surface area contributed by atoms with Crippen molar-refractivity contribution in [2.75, 3.05) is 6.16 Å². The fourth-order valence-electron chi connectivity index (χ4n) is 0.877. The fourth-order valence-corrected chi connectivity index (χ4v) is 2.16. The Bertz CT molecular complexity index is 61.6. The second kappa shape index (κ2) is 5.23. The predicted molar refractivity (Wildman–Crippen MR) is 47.8 cm³/mol. The van der Waals surface area contributed by atoms with Crippen LogP contribution < -0.4 is 0 Å². The van der Waals surface area contributed by atoms with Gasteiger partial charge in [-0.25, -0.2) is 0 Å². The van der Waals surface area contributed by atoms with Crippen molar-refractivity contribution >= 4 is 8.58 Å². The topological polar surface area (TPSA) is 0 Å². The van der Waals surface area contributed by atoms with E-state index in [0.29, 0.717) is 0 Å². The standard InChI is InChI=1S/C8H19P/c1-5-7(3)8(4)9-6-2/h7-9H,5-6H2,1-4H3. The minimum atomic E-state index is 0.934. The fraction of sp³-hybridized carbons (Fsp3) is 1.00. The highest BCUT2D eigenvalue weighted by atomic mass is 31.1. The molecule has 56 valence electrons. The lowest BCUT2D eigenvalue weighted by Crippen LogP contribution is -2.06. The van der Waals surface area contributed by atoms with E-state index in [2.05, 4.69) is 27.7 Å². The third-order valence-corrected chi connectivity index (χ3v) is 3.64. The molecule has 0 saturated heterocycles. The van der Waals surface area contributed by atoms with Crippen LogP contribution in [-0.2, 0) is 0 Å². The molecule has 0 saturated carbocycles. The maximum atomic E-state index is 2.37. The van der Waals surface area contributed by atoms with Gasteiger partial charge in [0.2, 0.25) is 0 Å². The maximum absolute atomic E-state index is 2.37. The van der Waals surface area contributed by atoms with Crippen molar-refractivity contribution in [3.8, 4) is 0 Å². The predicted octanol–water partition coefficient (Wildman–Crippen LogP) is 3.12. The zero-order valence-electron chi connectivity index (χ0n) is 7.07. The van der Waals surface area contributed by atoms with Gasteiger partial charge in [-0.1, -0.05) is 34.1 Å². The SMILES string of the molecule is CCPC(C)C(C)CC. The highest BCUT2D eigenvalue weighted by molar-refractivity contribution is 7.38. The third kappa shape index (κ3) is 3.92. The van der Waals surface area contributed by atoms with Crippen molar-refractivity contribution < 1.29 is 0 Å². The zero-order chi connectivity index (χ0) is 7.28. The molecular formula is C8H19P. The van der Waals surface area contributed by atoms with E-state index in [1.54, 1.807) is 0 Å². The molecule has 0 radical (unpaired) electrons. The molecule has 0 rings (SSSR count).